The predicted octanol–water partition coefficient (Wildman–Crippen LogP) is 0.429. The zero-order chi connectivity index (χ0) is 21.3. The molecule has 1 fully saturated rings. The van der Waals surface area contributed by atoms with Gasteiger partial charge in [-0.1, -0.05) is 37.3 Å². The van der Waals surface area contributed by atoms with Crippen molar-refractivity contribution in [3.8, 4) is 0 Å². The number of benzene rings is 2. The van der Waals surface area contributed by atoms with E-state index >= 15 is 0 Å². The first-order valence-electron chi connectivity index (χ1n) is 9.76. The van der Waals surface area contributed by atoms with Crippen LogP contribution in [0.5, 0.6) is 0 Å². The Morgan fingerprint density at radius 3 is 2.24 bits per heavy atom. The highest BCUT2D eigenvalue weighted by Crippen LogP contribution is 2.40. The molecule has 0 unspecified atom stereocenters. The van der Waals surface area contributed by atoms with Crippen LogP contribution in [0, 0.1) is 0 Å². The number of nitrogen functional groups attached to an aromatic ring is 1. The number of aryl methyl sites for hydroxylation is 1. The van der Waals surface area contributed by atoms with E-state index in [1.165, 1.54) is 18.6 Å². The van der Waals surface area contributed by atoms with Crippen LogP contribution in [0.1, 0.15) is 36.1 Å². The molecule has 1 aliphatic heterocycles. The summed E-state index contributed by atoms with van der Waals surface area (Å²) in [6, 6.07) is 12.9. The van der Waals surface area contributed by atoms with E-state index in [-0.39, 0.29) is 5.56 Å². The van der Waals surface area contributed by atoms with Gasteiger partial charge in [0.1, 0.15) is 24.4 Å². The molecule has 6 atom stereocenters. The van der Waals surface area contributed by atoms with Crippen molar-refractivity contribution in [2.24, 2.45) is 0 Å². The monoisotopic (exact) mass is 403 g/mol. The first-order valence-corrected chi connectivity index (χ1v) is 9.76. The normalized spacial score (nSPS) is 30.9. The summed E-state index contributed by atoms with van der Waals surface area (Å²) in [6.07, 6.45) is -6.25. The number of anilines is 1. The van der Waals surface area contributed by atoms with Gasteiger partial charge in [-0.2, -0.15) is 0 Å². The van der Waals surface area contributed by atoms with Crippen molar-refractivity contribution in [3.63, 3.8) is 0 Å². The fourth-order valence-electron chi connectivity index (χ4n) is 3.76. The highest BCUT2D eigenvalue weighted by atomic mass is 16.7. The van der Waals surface area contributed by atoms with Crippen LogP contribution in [0.4, 0.5) is 5.69 Å². The maximum atomic E-state index is 11.3. The van der Waals surface area contributed by atoms with Crippen molar-refractivity contribution < 1.29 is 30.3 Å². The van der Waals surface area contributed by atoms with Gasteiger partial charge in [0.25, 0.3) is 0 Å². The number of aliphatic hydroxyl groups excluding tert-OH is 4. The molecule has 0 spiro atoms. The molecule has 0 amide bonds. The lowest BCUT2D eigenvalue weighted by atomic mass is 9.83. The lowest BCUT2D eigenvalue weighted by molar-refractivity contribution is -0.364. The summed E-state index contributed by atoms with van der Waals surface area (Å²) in [5.41, 5.74) is 9.25. The molecular formula is C22H29NO6. The van der Waals surface area contributed by atoms with Gasteiger partial charge >= 0.3 is 0 Å². The first-order chi connectivity index (χ1) is 13.7. The maximum Gasteiger partial charge on any atom is 0.222 e. The Kier molecular flexibility index (Phi) is 6.28. The molecule has 1 heterocycles. The standard InChI is InChI=1S/C22H29NO6/c1-3-13-4-6-14(7-5-13)10-15-8-9-16(23)11-17(15)22(28)21(27)19(26)18(25)20(29-22)12(2)24/h4-9,11-12,18-21,24-28H,3,10,23H2,1-2H3/t12-,18-,19-,20+,21+,22+/m0/s1. The van der Waals surface area contributed by atoms with Crippen molar-refractivity contribution in [2.75, 3.05) is 5.73 Å². The van der Waals surface area contributed by atoms with Crippen LogP contribution in [0.2, 0.25) is 0 Å². The van der Waals surface area contributed by atoms with E-state index in [2.05, 4.69) is 6.92 Å². The van der Waals surface area contributed by atoms with Gasteiger partial charge in [-0.3, -0.25) is 0 Å². The summed E-state index contributed by atoms with van der Waals surface area (Å²) >= 11 is 0. The largest absolute Gasteiger partial charge is 0.399 e. The molecule has 7 heteroatoms. The van der Waals surface area contributed by atoms with Crippen molar-refractivity contribution >= 4 is 5.69 Å². The number of nitrogens with two attached hydrogens (primary N) is 1. The molecule has 0 bridgehead atoms. The van der Waals surface area contributed by atoms with Crippen molar-refractivity contribution in [1.82, 2.24) is 0 Å². The summed E-state index contributed by atoms with van der Waals surface area (Å²) < 4.78 is 5.58. The van der Waals surface area contributed by atoms with Gasteiger partial charge in [0.15, 0.2) is 0 Å². The Bertz CT molecular complexity index is 840. The average Bonchev–Trinajstić information content (AvgIpc) is 2.71. The van der Waals surface area contributed by atoms with E-state index in [0.29, 0.717) is 17.7 Å². The van der Waals surface area contributed by atoms with Crippen LogP contribution in [-0.4, -0.2) is 56.1 Å². The van der Waals surface area contributed by atoms with E-state index in [1.807, 2.05) is 24.3 Å². The third-order valence-corrected chi connectivity index (χ3v) is 5.55. The van der Waals surface area contributed by atoms with Crippen molar-refractivity contribution in [3.05, 3.63) is 64.7 Å². The van der Waals surface area contributed by atoms with E-state index in [1.54, 1.807) is 12.1 Å². The van der Waals surface area contributed by atoms with Crippen LogP contribution in [0.3, 0.4) is 0 Å². The quantitative estimate of drug-likeness (QED) is 0.398. The molecule has 0 aliphatic carbocycles. The average molecular weight is 403 g/mol. The third-order valence-electron chi connectivity index (χ3n) is 5.55. The Hall–Kier alpha value is -2.00. The topological polar surface area (TPSA) is 136 Å². The smallest absolute Gasteiger partial charge is 0.222 e. The number of hydrogen-bond acceptors (Lipinski definition) is 7. The fraction of sp³-hybridized carbons (Fsp3) is 0.455. The Morgan fingerprint density at radius 2 is 1.66 bits per heavy atom. The van der Waals surface area contributed by atoms with Gasteiger partial charge in [-0.15, -0.1) is 0 Å². The van der Waals surface area contributed by atoms with E-state index in [0.717, 1.165) is 12.0 Å². The molecule has 7 nitrogen and oxygen atoms in total. The van der Waals surface area contributed by atoms with Crippen molar-refractivity contribution in [2.45, 2.75) is 63.0 Å². The van der Waals surface area contributed by atoms with Crippen LogP contribution >= 0.6 is 0 Å². The van der Waals surface area contributed by atoms with Gasteiger partial charge in [0, 0.05) is 11.3 Å². The van der Waals surface area contributed by atoms with Gasteiger partial charge in [-0.25, -0.2) is 0 Å². The first kappa shape index (κ1) is 21.7. The lowest BCUT2D eigenvalue weighted by Gasteiger charge is -2.47. The molecule has 2 aromatic carbocycles. The van der Waals surface area contributed by atoms with E-state index < -0.39 is 36.3 Å². The van der Waals surface area contributed by atoms with Crippen LogP contribution in [0.25, 0.3) is 0 Å². The molecule has 2 aromatic rings. The second-order valence-corrected chi connectivity index (χ2v) is 7.71. The molecule has 1 saturated heterocycles. The predicted molar refractivity (Wildman–Crippen MR) is 108 cm³/mol. The molecule has 158 valence electrons. The SMILES string of the molecule is CCc1ccc(Cc2ccc(N)cc2[C@@]2(O)O[C@H]([C@H](C)O)[C@@H](O)[C@H](O)[C@H]2O)cc1. The molecular weight excluding hydrogens is 374 g/mol. The summed E-state index contributed by atoms with van der Waals surface area (Å²) in [4.78, 5) is 0. The molecule has 29 heavy (non-hydrogen) atoms. The van der Waals surface area contributed by atoms with Gasteiger partial charge in [0.05, 0.1) is 6.10 Å². The third kappa shape index (κ3) is 4.16. The zero-order valence-corrected chi connectivity index (χ0v) is 16.6. The van der Waals surface area contributed by atoms with Crippen LogP contribution in [0.15, 0.2) is 42.5 Å². The van der Waals surface area contributed by atoms with Gasteiger partial charge in [-0.05, 0) is 48.6 Å². The Balaban J connectivity index is 2.02. The number of ether oxygens (including phenoxy) is 1. The summed E-state index contributed by atoms with van der Waals surface area (Å²) in [5, 5.41) is 52.2. The number of aliphatic hydroxyl groups is 5. The van der Waals surface area contributed by atoms with Crippen LogP contribution < -0.4 is 5.73 Å². The van der Waals surface area contributed by atoms with E-state index in [9.17, 15) is 25.5 Å². The highest BCUT2D eigenvalue weighted by Gasteiger charge is 2.55. The van der Waals surface area contributed by atoms with Gasteiger partial charge in [0.2, 0.25) is 5.79 Å². The summed E-state index contributed by atoms with van der Waals surface area (Å²) in [6.45, 7) is 3.44. The minimum Gasteiger partial charge on any atom is -0.399 e. The highest BCUT2D eigenvalue weighted by molar-refractivity contribution is 5.48. The Labute approximate surface area is 170 Å². The molecule has 1 aliphatic rings. The number of hydrogen-bond donors (Lipinski definition) is 6. The fourth-order valence-corrected chi connectivity index (χ4v) is 3.76. The second kappa shape index (κ2) is 8.39. The molecule has 0 radical (unpaired) electrons. The second-order valence-electron chi connectivity index (χ2n) is 7.71. The van der Waals surface area contributed by atoms with Gasteiger partial charge < -0.3 is 36.0 Å². The van der Waals surface area contributed by atoms with Crippen LogP contribution in [-0.2, 0) is 23.4 Å². The Morgan fingerprint density at radius 1 is 1.03 bits per heavy atom. The molecule has 0 aromatic heterocycles. The van der Waals surface area contributed by atoms with E-state index in [4.69, 9.17) is 10.5 Å². The minimum atomic E-state index is -2.35. The zero-order valence-electron chi connectivity index (χ0n) is 16.6. The minimum absolute atomic E-state index is 0.182. The van der Waals surface area contributed by atoms with Crippen molar-refractivity contribution in [1.29, 1.82) is 0 Å². The molecule has 3 rings (SSSR count). The maximum absolute atomic E-state index is 11.3. The summed E-state index contributed by atoms with van der Waals surface area (Å²) in [7, 11) is 0. The number of rotatable bonds is 5. The summed E-state index contributed by atoms with van der Waals surface area (Å²) in [5.74, 6) is -2.35. The molecule has 0 saturated carbocycles. The molecule has 7 N–H and O–H groups in total. The lowest BCUT2D eigenvalue weighted by Crippen LogP contribution is -2.65.